The van der Waals surface area contributed by atoms with Crippen LogP contribution < -0.4 is 5.32 Å². The molecule has 1 aromatic rings. The molecule has 0 unspecified atom stereocenters. The molecule has 0 saturated carbocycles. The highest BCUT2D eigenvalue weighted by Crippen LogP contribution is 2.35. The number of piperidine rings is 1. The van der Waals surface area contributed by atoms with Gasteiger partial charge in [0, 0.05) is 4.47 Å². The molecule has 0 aliphatic carbocycles. The van der Waals surface area contributed by atoms with Crippen molar-refractivity contribution in [2.24, 2.45) is 5.41 Å². The number of nitrogens with one attached hydrogen (secondary N) is 1. The van der Waals surface area contributed by atoms with Crippen LogP contribution in [0, 0.1) is 11.2 Å². The van der Waals surface area contributed by atoms with Crippen LogP contribution in [0.25, 0.3) is 0 Å². The topological polar surface area (TPSA) is 49.3 Å². The first kappa shape index (κ1) is 13.5. The smallest absolute Gasteiger partial charge is 0.310 e. The highest BCUT2D eigenvalue weighted by atomic mass is 79.9. The van der Waals surface area contributed by atoms with Crippen LogP contribution in [-0.4, -0.2) is 24.2 Å². The second-order valence-electron chi connectivity index (χ2n) is 4.75. The SMILES string of the molecule is O=C(O)C1(Cc2cc(F)ccc2Br)CCNCC1. The van der Waals surface area contributed by atoms with E-state index in [2.05, 4.69) is 21.2 Å². The molecule has 1 saturated heterocycles. The summed E-state index contributed by atoms with van der Waals surface area (Å²) < 4.78 is 14.0. The van der Waals surface area contributed by atoms with E-state index in [1.165, 1.54) is 12.1 Å². The number of carbonyl (C=O) groups is 1. The summed E-state index contributed by atoms with van der Waals surface area (Å²) in [5, 5.41) is 12.6. The van der Waals surface area contributed by atoms with Crippen LogP contribution in [0.4, 0.5) is 4.39 Å². The lowest BCUT2D eigenvalue weighted by Crippen LogP contribution is -2.43. The highest BCUT2D eigenvalue weighted by molar-refractivity contribution is 9.10. The number of rotatable bonds is 3. The first-order chi connectivity index (χ1) is 8.53. The molecule has 3 nitrogen and oxygen atoms in total. The summed E-state index contributed by atoms with van der Waals surface area (Å²) in [6.07, 6.45) is 1.51. The summed E-state index contributed by atoms with van der Waals surface area (Å²) in [5.74, 6) is -1.12. The van der Waals surface area contributed by atoms with Gasteiger partial charge in [-0.1, -0.05) is 15.9 Å². The Hall–Kier alpha value is -0.940. The Kier molecular flexibility index (Phi) is 4.02. The summed E-state index contributed by atoms with van der Waals surface area (Å²) in [5.41, 5.74) is -0.0547. The van der Waals surface area contributed by atoms with Crippen LogP contribution in [0.15, 0.2) is 22.7 Å². The predicted molar refractivity (Wildman–Crippen MR) is 70.0 cm³/mol. The van der Waals surface area contributed by atoms with Gasteiger partial charge in [-0.2, -0.15) is 0 Å². The molecule has 1 aromatic carbocycles. The van der Waals surface area contributed by atoms with Crippen molar-refractivity contribution in [1.82, 2.24) is 5.32 Å². The van der Waals surface area contributed by atoms with E-state index in [1.807, 2.05) is 0 Å². The standard InChI is InChI=1S/C13H15BrFNO2/c14-11-2-1-10(15)7-9(11)8-13(12(17)18)3-5-16-6-4-13/h1-2,7,16H,3-6,8H2,(H,17,18). The molecule has 1 aliphatic rings. The minimum absolute atomic E-state index is 0.331. The molecular weight excluding hydrogens is 301 g/mol. The van der Waals surface area contributed by atoms with Crippen molar-refractivity contribution in [3.63, 3.8) is 0 Å². The minimum Gasteiger partial charge on any atom is -0.481 e. The van der Waals surface area contributed by atoms with Crippen molar-refractivity contribution in [1.29, 1.82) is 0 Å². The van der Waals surface area contributed by atoms with Crippen molar-refractivity contribution < 1.29 is 14.3 Å². The Morgan fingerprint density at radius 3 is 2.72 bits per heavy atom. The van der Waals surface area contributed by atoms with Crippen molar-refractivity contribution in [3.05, 3.63) is 34.1 Å². The lowest BCUT2D eigenvalue weighted by atomic mass is 9.74. The Morgan fingerprint density at radius 2 is 2.11 bits per heavy atom. The molecule has 2 rings (SSSR count). The van der Waals surface area contributed by atoms with E-state index in [4.69, 9.17) is 0 Å². The van der Waals surface area contributed by atoms with Gasteiger partial charge in [0.1, 0.15) is 5.82 Å². The monoisotopic (exact) mass is 315 g/mol. The quantitative estimate of drug-likeness (QED) is 0.901. The number of benzene rings is 1. The summed E-state index contributed by atoms with van der Waals surface area (Å²) in [6.45, 7) is 1.39. The van der Waals surface area contributed by atoms with E-state index in [0.717, 1.165) is 10.0 Å². The Balaban J connectivity index is 2.28. The lowest BCUT2D eigenvalue weighted by molar-refractivity contribution is -0.150. The second-order valence-corrected chi connectivity index (χ2v) is 5.60. The van der Waals surface area contributed by atoms with Gasteiger partial charge in [0.25, 0.3) is 0 Å². The van der Waals surface area contributed by atoms with Gasteiger partial charge in [-0.25, -0.2) is 4.39 Å². The molecule has 1 aliphatic heterocycles. The fourth-order valence-electron chi connectivity index (χ4n) is 2.41. The van der Waals surface area contributed by atoms with Crippen molar-refractivity contribution in [2.45, 2.75) is 19.3 Å². The van der Waals surface area contributed by atoms with Crippen LogP contribution in [0.1, 0.15) is 18.4 Å². The third-order valence-electron chi connectivity index (χ3n) is 3.55. The molecule has 0 radical (unpaired) electrons. The number of halogens is 2. The number of carboxylic acids is 1. The fraction of sp³-hybridized carbons (Fsp3) is 0.462. The van der Waals surface area contributed by atoms with Gasteiger partial charge >= 0.3 is 5.97 Å². The number of hydrogen-bond donors (Lipinski definition) is 2. The maximum Gasteiger partial charge on any atom is 0.310 e. The molecule has 5 heteroatoms. The molecule has 2 N–H and O–H groups in total. The van der Waals surface area contributed by atoms with Crippen LogP contribution in [0.5, 0.6) is 0 Å². The molecule has 1 heterocycles. The van der Waals surface area contributed by atoms with E-state index in [0.29, 0.717) is 32.4 Å². The highest BCUT2D eigenvalue weighted by Gasteiger charge is 2.40. The first-order valence-corrected chi connectivity index (χ1v) is 6.71. The zero-order chi connectivity index (χ0) is 13.2. The number of carboxylic acid groups (broad SMARTS) is 1. The normalized spacial score (nSPS) is 18.6. The largest absolute Gasteiger partial charge is 0.481 e. The number of hydrogen-bond acceptors (Lipinski definition) is 2. The zero-order valence-electron chi connectivity index (χ0n) is 9.88. The summed E-state index contributed by atoms with van der Waals surface area (Å²) in [7, 11) is 0. The minimum atomic E-state index is -0.792. The Bertz CT molecular complexity index is 458. The van der Waals surface area contributed by atoms with Crippen molar-refractivity contribution >= 4 is 21.9 Å². The second kappa shape index (κ2) is 5.36. The van der Waals surface area contributed by atoms with Gasteiger partial charge < -0.3 is 10.4 Å². The van der Waals surface area contributed by atoms with Gasteiger partial charge in [-0.05, 0) is 56.1 Å². The van der Waals surface area contributed by atoms with Crippen LogP contribution >= 0.6 is 15.9 Å². The van der Waals surface area contributed by atoms with Gasteiger partial charge in [0.2, 0.25) is 0 Å². The fourth-order valence-corrected chi connectivity index (χ4v) is 2.80. The van der Waals surface area contributed by atoms with Crippen LogP contribution in [0.3, 0.4) is 0 Å². The molecule has 0 bridgehead atoms. The maximum absolute atomic E-state index is 13.2. The van der Waals surface area contributed by atoms with E-state index in [1.54, 1.807) is 6.07 Å². The maximum atomic E-state index is 13.2. The van der Waals surface area contributed by atoms with Gasteiger partial charge in [0.05, 0.1) is 5.41 Å². The number of aliphatic carboxylic acids is 1. The van der Waals surface area contributed by atoms with Gasteiger partial charge in [0.15, 0.2) is 0 Å². The average molecular weight is 316 g/mol. The third-order valence-corrected chi connectivity index (χ3v) is 4.32. The molecule has 0 atom stereocenters. The molecule has 1 fully saturated rings. The van der Waals surface area contributed by atoms with Crippen molar-refractivity contribution in [2.75, 3.05) is 13.1 Å². The molecule has 18 heavy (non-hydrogen) atoms. The van der Waals surface area contributed by atoms with Crippen molar-refractivity contribution in [3.8, 4) is 0 Å². The van der Waals surface area contributed by atoms with Gasteiger partial charge in [-0.15, -0.1) is 0 Å². The average Bonchev–Trinajstić information content (AvgIpc) is 2.35. The Morgan fingerprint density at radius 1 is 1.44 bits per heavy atom. The zero-order valence-corrected chi connectivity index (χ0v) is 11.5. The third kappa shape index (κ3) is 2.72. The Labute approximate surface area is 114 Å². The van der Waals surface area contributed by atoms with Gasteiger partial charge in [-0.3, -0.25) is 4.79 Å². The predicted octanol–water partition coefficient (Wildman–Crippen LogP) is 2.59. The summed E-state index contributed by atoms with van der Waals surface area (Å²) in [6, 6.07) is 4.40. The molecule has 0 amide bonds. The molecule has 98 valence electrons. The summed E-state index contributed by atoms with van der Waals surface area (Å²) >= 11 is 3.36. The first-order valence-electron chi connectivity index (χ1n) is 5.92. The van der Waals surface area contributed by atoms with E-state index in [-0.39, 0.29) is 5.82 Å². The van der Waals surface area contributed by atoms with E-state index >= 15 is 0 Å². The molecule has 0 aromatic heterocycles. The lowest BCUT2D eigenvalue weighted by Gasteiger charge is -2.34. The molecular formula is C13H15BrFNO2. The van der Waals surface area contributed by atoms with E-state index < -0.39 is 11.4 Å². The molecule has 0 spiro atoms. The summed E-state index contributed by atoms with van der Waals surface area (Å²) in [4.78, 5) is 11.5. The van der Waals surface area contributed by atoms with Crippen LogP contribution in [0.2, 0.25) is 0 Å². The van der Waals surface area contributed by atoms with Crippen LogP contribution in [-0.2, 0) is 11.2 Å². The van der Waals surface area contributed by atoms with E-state index in [9.17, 15) is 14.3 Å².